The molecule has 236 valence electrons. The van der Waals surface area contributed by atoms with Crippen LogP contribution in [0.5, 0.6) is 0 Å². The maximum Gasteiger partial charge on any atom is 0.305 e. The van der Waals surface area contributed by atoms with Crippen LogP contribution >= 0.6 is 0 Å². The molecule has 8 heteroatoms. The van der Waals surface area contributed by atoms with Crippen molar-refractivity contribution in [3.05, 3.63) is 65.0 Å². The topological polar surface area (TPSA) is 80.0 Å². The Kier molecular flexibility index (Phi) is 9.56. The lowest BCUT2D eigenvalue weighted by Crippen LogP contribution is -2.58. The summed E-state index contributed by atoms with van der Waals surface area (Å²) in [5.41, 5.74) is 3.24. The van der Waals surface area contributed by atoms with Gasteiger partial charge in [0.15, 0.2) is 0 Å². The second-order valence-electron chi connectivity index (χ2n) is 13.7. The first-order chi connectivity index (χ1) is 21.4. The normalized spacial score (nSPS) is 24.7. The van der Waals surface area contributed by atoms with E-state index in [0.717, 1.165) is 95.7 Å². The van der Waals surface area contributed by atoms with E-state index >= 15 is 0 Å². The molecule has 0 spiro atoms. The highest BCUT2D eigenvalue weighted by Gasteiger charge is 2.53. The molecule has 3 saturated heterocycles. The summed E-state index contributed by atoms with van der Waals surface area (Å²) in [6.07, 6.45) is 7.06. The van der Waals surface area contributed by atoms with E-state index in [1.807, 2.05) is 24.3 Å². The predicted octanol–water partition coefficient (Wildman–Crippen LogP) is 4.96. The maximum absolute atomic E-state index is 14.9. The SMILES string of the molecule is COC(=O)C[C@H]1CCC[C@@H]1[C@](CN1CCC1)(c1cccc(F)c1)C1CCN(CC2CN(c3ccc(C#N)c(CO)c3)C2)CC1. The molecule has 4 fully saturated rings. The number of methoxy groups -OCH3 is 1. The predicted molar refractivity (Wildman–Crippen MR) is 169 cm³/mol. The molecule has 2 aromatic carbocycles. The molecule has 3 aliphatic heterocycles. The molecule has 0 amide bonds. The van der Waals surface area contributed by atoms with Crippen molar-refractivity contribution in [1.82, 2.24) is 9.80 Å². The number of aliphatic hydroxyl groups is 1. The molecule has 1 saturated carbocycles. The number of carbonyl (C=O) groups is 1. The Hall–Kier alpha value is -2.99. The molecular formula is C36H47FN4O3. The van der Waals surface area contributed by atoms with Crippen molar-refractivity contribution in [3.63, 3.8) is 0 Å². The number of aliphatic hydroxyl groups excluding tert-OH is 1. The number of anilines is 1. The van der Waals surface area contributed by atoms with Gasteiger partial charge in [0.2, 0.25) is 0 Å². The Morgan fingerprint density at radius 3 is 2.50 bits per heavy atom. The second kappa shape index (κ2) is 13.6. The number of hydrogen-bond donors (Lipinski definition) is 1. The van der Waals surface area contributed by atoms with Gasteiger partial charge in [-0.1, -0.05) is 18.6 Å². The lowest BCUT2D eigenvalue weighted by molar-refractivity contribution is -0.142. The van der Waals surface area contributed by atoms with Crippen LogP contribution < -0.4 is 4.90 Å². The van der Waals surface area contributed by atoms with E-state index < -0.39 is 0 Å². The summed E-state index contributed by atoms with van der Waals surface area (Å²) < 4.78 is 20.0. The molecule has 3 atom stereocenters. The molecule has 6 rings (SSSR count). The van der Waals surface area contributed by atoms with Crippen LogP contribution in [0.3, 0.4) is 0 Å². The van der Waals surface area contributed by atoms with Crippen molar-refractivity contribution in [2.45, 2.75) is 57.0 Å². The number of rotatable bonds is 11. The van der Waals surface area contributed by atoms with E-state index in [2.05, 4.69) is 26.8 Å². The fourth-order valence-corrected chi connectivity index (χ4v) is 8.94. The third kappa shape index (κ3) is 6.24. The summed E-state index contributed by atoms with van der Waals surface area (Å²) in [5, 5.41) is 18.9. The van der Waals surface area contributed by atoms with Crippen molar-refractivity contribution in [2.75, 3.05) is 64.4 Å². The van der Waals surface area contributed by atoms with E-state index in [1.54, 1.807) is 12.1 Å². The highest BCUT2D eigenvalue weighted by Crippen LogP contribution is 2.54. The van der Waals surface area contributed by atoms with Gasteiger partial charge in [0, 0.05) is 49.6 Å². The number of nitriles is 1. The smallest absolute Gasteiger partial charge is 0.305 e. The minimum absolute atomic E-state index is 0.123. The molecular weight excluding hydrogens is 555 g/mol. The van der Waals surface area contributed by atoms with Gasteiger partial charge in [-0.2, -0.15) is 5.26 Å². The Morgan fingerprint density at radius 2 is 1.84 bits per heavy atom. The standard InChI is InChI=1S/C36H47FN4O3/c1-44-35(43)18-27-5-2-8-34(27)36(25-40-13-4-14-40,31-6-3-7-32(37)19-31)30-11-15-39(16-12-30)21-26-22-41(23-26)33-10-9-28(20-38)29(17-33)24-42/h3,6-7,9-10,17,19,26-27,30,34,42H,2,4-5,8,11-16,18,21-25H2,1H3/t27-,34+,36+/m1/s1. The van der Waals surface area contributed by atoms with E-state index in [-0.39, 0.29) is 29.7 Å². The van der Waals surface area contributed by atoms with E-state index in [9.17, 15) is 19.6 Å². The average molecular weight is 603 g/mol. The highest BCUT2D eigenvalue weighted by molar-refractivity contribution is 5.69. The Balaban J connectivity index is 1.16. The van der Waals surface area contributed by atoms with Gasteiger partial charge < -0.3 is 24.5 Å². The van der Waals surface area contributed by atoms with Crippen LogP contribution in [0.4, 0.5) is 10.1 Å². The molecule has 3 heterocycles. The van der Waals surface area contributed by atoms with Crippen LogP contribution in [0.2, 0.25) is 0 Å². The number of piperidine rings is 1. The largest absolute Gasteiger partial charge is 0.469 e. The van der Waals surface area contributed by atoms with Gasteiger partial charge in [0.1, 0.15) is 5.82 Å². The van der Waals surface area contributed by atoms with Gasteiger partial charge >= 0.3 is 5.97 Å². The number of esters is 1. The first-order valence-electron chi connectivity index (χ1n) is 16.6. The summed E-state index contributed by atoms with van der Waals surface area (Å²) in [6.45, 7) is 8.13. The van der Waals surface area contributed by atoms with Crippen molar-refractivity contribution in [1.29, 1.82) is 5.26 Å². The van der Waals surface area contributed by atoms with Crippen LogP contribution in [0.15, 0.2) is 42.5 Å². The molecule has 0 bridgehead atoms. The third-order valence-corrected chi connectivity index (χ3v) is 11.3. The number of ether oxygens (including phenoxy) is 1. The van der Waals surface area contributed by atoms with Gasteiger partial charge in [0.25, 0.3) is 0 Å². The number of carbonyl (C=O) groups excluding carboxylic acids is 1. The van der Waals surface area contributed by atoms with Gasteiger partial charge in [-0.25, -0.2) is 4.39 Å². The summed E-state index contributed by atoms with van der Waals surface area (Å²) in [7, 11) is 1.49. The Morgan fingerprint density at radius 1 is 1.05 bits per heavy atom. The molecule has 2 aromatic rings. The molecule has 44 heavy (non-hydrogen) atoms. The number of benzene rings is 2. The molecule has 4 aliphatic rings. The van der Waals surface area contributed by atoms with Gasteiger partial charge in [-0.15, -0.1) is 0 Å². The second-order valence-corrected chi connectivity index (χ2v) is 13.7. The van der Waals surface area contributed by atoms with Crippen LogP contribution in [-0.2, 0) is 21.6 Å². The average Bonchev–Trinajstić information content (AvgIpc) is 3.46. The lowest BCUT2D eigenvalue weighted by atomic mass is 9.56. The highest BCUT2D eigenvalue weighted by atomic mass is 19.1. The molecule has 7 nitrogen and oxygen atoms in total. The zero-order valence-corrected chi connectivity index (χ0v) is 26.1. The zero-order chi connectivity index (χ0) is 30.7. The fourth-order valence-electron chi connectivity index (χ4n) is 8.94. The maximum atomic E-state index is 14.9. The monoisotopic (exact) mass is 602 g/mol. The van der Waals surface area contributed by atoms with Gasteiger partial charge in [0.05, 0.1) is 25.3 Å². The van der Waals surface area contributed by atoms with Crippen molar-refractivity contribution in [3.8, 4) is 6.07 Å². The van der Waals surface area contributed by atoms with Crippen LogP contribution in [0.1, 0.15) is 61.6 Å². The van der Waals surface area contributed by atoms with E-state index in [0.29, 0.717) is 35.3 Å². The van der Waals surface area contributed by atoms with Crippen molar-refractivity contribution < 1.29 is 19.0 Å². The summed E-state index contributed by atoms with van der Waals surface area (Å²) in [5.74, 6) is 1.32. The lowest BCUT2D eigenvalue weighted by Gasteiger charge is -2.54. The van der Waals surface area contributed by atoms with E-state index in [4.69, 9.17) is 4.74 Å². The Bertz CT molecular complexity index is 1350. The first-order valence-corrected chi connectivity index (χ1v) is 16.6. The summed E-state index contributed by atoms with van der Waals surface area (Å²) in [4.78, 5) is 20.0. The zero-order valence-electron chi connectivity index (χ0n) is 26.1. The number of halogens is 1. The number of likely N-dealkylation sites (tertiary alicyclic amines) is 2. The van der Waals surface area contributed by atoms with Gasteiger partial charge in [-0.05, 0) is 117 Å². The fraction of sp³-hybridized carbons (Fsp3) is 0.611. The molecule has 0 radical (unpaired) electrons. The summed E-state index contributed by atoms with van der Waals surface area (Å²) in [6, 6.07) is 15.3. The van der Waals surface area contributed by atoms with Crippen LogP contribution in [0, 0.1) is 40.8 Å². The minimum atomic E-state index is -0.183. The van der Waals surface area contributed by atoms with Crippen LogP contribution in [-0.4, -0.2) is 80.3 Å². The van der Waals surface area contributed by atoms with E-state index in [1.165, 1.54) is 13.5 Å². The summed E-state index contributed by atoms with van der Waals surface area (Å²) >= 11 is 0. The number of hydrogen-bond acceptors (Lipinski definition) is 7. The Labute approximate surface area is 261 Å². The van der Waals surface area contributed by atoms with Crippen molar-refractivity contribution >= 4 is 11.7 Å². The third-order valence-electron chi connectivity index (χ3n) is 11.3. The first kappa shape index (κ1) is 31.0. The number of nitrogens with zero attached hydrogens (tertiary/aromatic N) is 4. The molecule has 0 aromatic heterocycles. The molecule has 0 unspecified atom stereocenters. The van der Waals surface area contributed by atoms with Crippen molar-refractivity contribution in [2.24, 2.45) is 23.7 Å². The van der Waals surface area contributed by atoms with Crippen LogP contribution in [0.25, 0.3) is 0 Å². The quantitative estimate of drug-likeness (QED) is 0.364. The van der Waals surface area contributed by atoms with Gasteiger partial charge in [-0.3, -0.25) is 4.79 Å². The minimum Gasteiger partial charge on any atom is -0.469 e. The molecule has 1 N–H and O–H groups in total. The molecule has 1 aliphatic carbocycles.